The molecule has 0 unspecified atom stereocenters. The van der Waals surface area contributed by atoms with Gasteiger partial charge in [-0.1, -0.05) is 50.9 Å². The molecule has 1 saturated carbocycles. The molecule has 0 spiro atoms. The molecule has 3 atom stereocenters. The summed E-state index contributed by atoms with van der Waals surface area (Å²) in [6.07, 6.45) is 4.63. The van der Waals surface area contributed by atoms with Crippen molar-refractivity contribution in [2.75, 3.05) is 33.2 Å². The number of hydrogen-bond donors (Lipinski definition) is 3. The van der Waals surface area contributed by atoms with Crippen LogP contribution in [0.25, 0.3) is 0 Å². The lowest BCUT2D eigenvalue weighted by molar-refractivity contribution is -0.138. The minimum Gasteiger partial charge on any atom is -0.364 e. The summed E-state index contributed by atoms with van der Waals surface area (Å²) >= 11 is 0. The molecule has 3 amide bonds. The number of Topliss-reactive ketones (excluding diaryl/α,β-unsaturated/α-hetero) is 1. The van der Waals surface area contributed by atoms with Gasteiger partial charge in [-0.3, -0.25) is 19.2 Å². The van der Waals surface area contributed by atoms with Crippen molar-refractivity contribution >= 4 is 23.5 Å². The Morgan fingerprint density at radius 2 is 1.74 bits per heavy atom. The predicted octanol–water partition coefficient (Wildman–Crippen LogP) is 3.52. The predicted molar refractivity (Wildman–Crippen MR) is 176 cm³/mol. The van der Waals surface area contributed by atoms with E-state index in [1.54, 1.807) is 44.7 Å². The van der Waals surface area contributed by atoms with Gasteiger partial charge in [0.1, 0.15) is 29.4 Å². The number of benzene rings is 1. The van der Waals surface area contributed by atoms with Gasteiger partial charge in [0.2, 0.25) is 11.8 Å². The highest BCUT2D eigenvalue weighted by Gasteiger charge is 2.36. The number of nitrogens with zero attached hydrogens (tertiary/aromatic N) is 3. The first-order valence-electron chi connectivity index (χ1n) is 16.8. The van der Waals surface area contributed by atoms with Crippen LogP contribution in [0.15, 0.2) is 29.0 Å². The normalized spacial score (nSPS) is 21.1. The summed E-state index contributed by atoms with van der Waals surface area (Å²) in [5.74, 6) is -1.91. The molecule has 0 radical (unpaired) electrons. The molecule has 2 fully saturated rings. The van der Waals surface area contributed by atoms with Crippen molar-refractivity contribution in [3.8, 4) is 0 Å². The molecular weight excluding hydrogens is 603 g/mol. The minimum atomic E-state index is -0.936. The highest BCUT2D eigenvalue weighted by Crippen LogP contribution is 2.32. The fourth-order valence-electron chi connectivity index (χ4n) is 6.54. The van der Waals surface area contributed by atoms with Crippen molar-refractivity contribution in [2.24, 2.45) is 17.6 Å². The van der Waals surface area contributed by atoms with E-state index < -0.39 is 35.3 Å². The summed E-state index contributed by atoms with van der Waals surface area (Å²) in [5.41, 5.74) is 6.45. The van der Waals surface area contributed by atoms with Crippen molar-refractivity contribution in [3.05, 3.63) is 52.7 Å². The summed E-state index contributed by atoms with van der Waals surface area (Å²) in [5, 5.41) is 9.69. The van der Waals surface area contributed by atoms with Gasteiger partial charge >= 0.3 is 0 Å². The van der Waals surface area contributed by atoms with Gasteiger partial charge in [-0.15, -0.1) is 0 Å². The van der Waals surface area contributed by atoms with Crippen LogP contribution in [0, 0.1) is 17.7 Å². The number of piperazine rings is 1. The Balaban J connectivity index is 1.53. The molecule has 2 aromatic rings. The SMILES string of the molecule is CCC(=O)N[C@@H](C(=O)N1CCN(C)CC1)[C@@H](C)c1ccc(CC(=O)[C@@H](NC(=O)c2conc2C(C)(C)N)C2CCC(C)CC2)c(F)c1. The molecule has 0 bridgehead atoms. The van der Waals surface area contributed by atoms with Crippen molar-refractivity contribution in [3.63, 3.8) is 0 Å². The van der Waals surface area contributed by atoms with Gasteiger partial charge in [0.15, 0.2) is 5.78 Å². The number of nitrogens with one attached hydrogen (secondary N) is 2. The second kappa shape index (κ2) is 15.5. The molecule has 4 N–H and O–H groups in total. The second-order valence-corrected chi connectivity index (χ2v) is 14.1. The number of carbonyl (C=O) groups is 4. The van der Waals surface area contributed by atoms with Gasteiger partial charge in [0.25, 0.3) is 5.91 Å². The Morgan fingerprint density at radius 1 is 1.09 bits per heavy atom. The van der Waals surface area contributed by atoms with E-state index in [-0.39, 0.29) is 53.2 Å². The Morgan fingerprint density at radius 3 is 2.34 bits per heavy atom. The van der Waals surface area contributed by atoms with Crippen molar-refractivity contribution in [1.29, 1.82) is 0 Å². The first kappa shape index (κ1) is 36.2. The van der Waals surface area contributed by atoms with Crippen LogP contribution in [0.5, 0.6) is 0 Å². The number of ketones is 1. The van der Waals surface area contributed by atoms with Crippen LogP contribution >= 0.6 is 0 Å². The largest absolute Gasteiger partial charge is 0.364 e. The Bertz CT molecular complexity index is 1420. The average Bonchev–Trinajstić information content (AvgIpc) is 3.55. The first-order chi connectivity index (χ1) is 22.2. The lowest BCUT2D eigenvalue weighted by Crippen LogP contribution is -2.55. The third kappa shape index (κ3) is 9.04. The van der Waals surface area contributed by atoms with Gasteiger partial charge in [-0.05, 0) is 62.8 Å². The molecule has 47 heavy (non-hydrogen) atoms. The van der Waals surface area contributed by atoms with E-state index >= 15 is 4.39 Å². The van der Waals surface area contributed by atoms with E-state index in [1.807, 2.05) is 7.05 Å². The van der Waals surface area contributed by atoms with Gasteiger partial charge in [-0.25, -0.2) is 4.39 Å². The molecule has 11 nitrogen and oxygen atoms in total. The monoisotopic (exact) mass is 654 g/mol. The smallest absolute Gasteiger partial charge is 0.257 e. The molecule has 12 heteroatoms. The van der Waals surface area contributed by atoms with Crippen LogP contribution in [0.2, 0.25) is 0 Å². The Kier molecular flexibility index (Phi) is 11.9. The number of likely N-dealkylation sites (N-methyl/N-ethyl adjacent to an activating group) is 1. The molecule has 1 aliphatic heterocycles. The Hall–Kier alpha value is -3.64. The zero-order valence-electron chi connectivity index (χ0n) is 28.6. The lowest BCUT2D eigenvalue weighted by Gasteiger charge is -2.36. The molecule has 1 aliphatic carbocycles. The van der Waals surface area contributed by atoms with E-state index in [0.29, 0.717) is 24.6 Å². The van der Waals surface area contributed by atoms with Gasteiger partial charge < -0.3 is 30.7 Å². The lowest BCUT2D eigenvalue weighted by atomic mass is 9.77. The number of aromatic nitrogens is 1. The van der Waals surface area contributed by atoms with Crippen LogP contribution in [0.4, 0.5) is 4.39 Å². The molecule has 2 heterocycles. The van der Waals surface area contributed by atoms with Crippen LogP contribution < -0.4 is 16.4 Å². The Labute approximate surface area is 277 Å². The number of carbonyl (C=O) groups excluding carboxylic acids is 4. The summed E-state index contributed by atoms with van der Waals surface area (Å²) in [7, 11) is 2.00. The van der Waals surface area contributed by atoms with Crippen molar-refractivity contribution in [1.82, 2.24) is 25.6 Å². The molecule has 258 valence electrons. The second-order valence-electron chi connectivity index (χ2n) is 14.1. The number of halogens is 1. The van der Waals surface area contributed by atoms with Crippen molar-refractivity contribution < 1.29 is 28.1 Å². The molecular formula is C35H51FN6O5. The fraction of sp³-hybridized carbons (Fsp3) is 0.629. The standard InChI is InChI=1S/C35H51FN6O5/c1-7-29(44)38-30(34(46)42-16-14-41(6)15-17-42)22(3)24-12-13-25(27(36)18-24)19-28(43)31(23-10-8-21(2)9-11-23)39-33(45)26-20-47-40-32(26)35(4,5)37/h12-13,18,20-23,30-31H,7-11,14-17,19,37H2,1-6H3,(H,38,44)(H,39,45)/t21?,22-,23?,30+,31-/m0/s1. The van der Waals surface area contributed by atoms with Crippen LogP contribution in [-0.4, -0.2) is 83.8 Å². The third-order valence-corrected chi connectivity index (χ3v) is 9.78. The number of amides is 3. The van der Waals surface area contributed by atoms with Crippen molar-refractivity contribution in [2.45, 2.75) is 96.7 Å². The minimum absolute atomic E-state index is 0.0947. The maximum atomic E-state index is 15.7. The van der Waals surface area contributed by atoms with E-state index in [9.17, 15) is 19.2 Å². The highest BCUT2D eigenvalue weighted by atomic mass is 19.1. The zero-order chi connectivity index (χ0) is 34.5. The number of hydrogen-bond acceptors (Lipinski definition) is 8. The molecule has 2 aliphatic rings. The van der Waals surface area contributed by atoms with E-state index in [0.717, 1.165) is 38.8 Å². The summed E-state index contributed by atoms with van der Waals surface area (Å²) in [6.45, 7) is 11.7. The van der Waals surface area contributed by atoms with E-state index in [1.165, 1.54) is 12.3 Å². The van der Waals surface area contributed by atoms with E-state index in [4.69, 9.17) is 10.3 Å². The maximum Gasteiger partial charge on any atom is 0.257 e. The molecule has 1 aromatic carbocycles. The van der Waals surface area contributed by atoms with Gasteiger partial charge in [-0.2, -0.15) is 0 Å². The number of nitrogens with two attached hydrogens (primary N) is 1. The summed E-state index contributed by atoms with van der Waals surface area (Å²) in [4.78, 5) is 57.2. The molecule has 1 saturated heterocycles. The third-order valence-electron chi connectivity index (χ3n) is 9.78. The first-order valence-corrected chi connectivity index (χ1v) is 16.8. The molecule has 4 rings (SSSR count). The summed E-state index contributed by atoms with van der Waals surface area (Å²) < 4.78 is 20.8. The van der Waals surface area contributed by atoms with Gasteiger partial charge in [0.05, 0.1) is 11.6 Å². The highest BCUT2D eigenvalue weighted by molar-refractivity contribution is 5.99. The van der Waals surface area contributed by atoms with Crippen LogP contribution in [-0.2, 0) is 26.3 Å². The topological polar surface area (TPSA) is 151 Å². The van der Waals surface area contributed by atoms with Crippen LogP contribution in [0.3, 0.4) is 0 Å². The molecule has 1 aromatic heterocycles. The average molecular weight is 655 g/mol. The van der Waals surface area contributed by atoms with Crippen LogP contribution in [0.1, 0.15) is 99.8 Å². The summed E-state index contributed by atoms with van der Waals surface area (Å²) in [6, 6.07) is 2.94. The number of rotatable bonds is 12. The van der Waals surface area contributed by atoms with Gasteiger partial charge in [0, 0.05) is 44.9 Å². The quantitative estimate of drug-likeness (QED) is 0.315. The zero-order valence-corrected chi connectivity index (χ0v) is 28.6. The van der Waals surface area contributed by atoms with E-state index in [2.05, 4.69) is 27.6 Å². The fourth-order valence-corrected chi connectivity index (χ4v) is 6.54. The maximum absolute atomic E-state index is 15.7.